The Bertz CT molecular complexity index is 585. The first-order valence-corrected chi connectivity index (χ1v) is 19.1. The monoisotopic (exact) mass is 614 g/mol. The number of thioether (sulfide) groups is 1. The molecule has 0 heterocycles. The smallest absolute Gasteiger partial charge is 0.319 e. The third-order valence-corrected chi connectivity index (χ3v) is 9.03. The lowest BCUT2D eigenvalue weighted by Crippen LogP contribution is -2.27. The minimum atomic E-state index is -0.583. The molecule has 2 atom stereocenters. The summed E-state index contributed by atoms with van der Waals surface area (Å²) in [7, 11) is 0. The molecule has 0 aliphatic carbocycles. The first-order valence-electron chi connectivity index (χ1n) is 18.1. The molecule has 0 aromatic heterocycles. The highest BCUT2D eigenvalue weighted by atomic mass is 32.2. The van der Waals surface area contributed by atoms with Crippen molar-refractivity contribution in [3.63, 3.8) is 0 Å². The van der Waals surface area contributed by atoms with Gasteiger partial charge in [-0.15, -0.1) is 11.8 Å². The van der Waals surface area contributed by atoms with Crippen LogP contribution >= 0.6 is 11.8 Å². The summed E-state index contributed by atoms with van der Waals surface area (Å²) in [6.45, 7) is 10.1. The van der Waals surface area contributed by atoms with Gasteiger partial charge in [0, 0.05) is 6.61 Å². The summed E-state index contributed by atoms with van der Waals surface area (Å²) in [5.41, 5.74) is -0.170. The second-order valence-corrected chi connectivity index (χ2v) is 13.6. The summed E-state index contributed by atoms with van der Waals surface area (Å²) in [6, 6.07) is 0. The van der Waals surface area contributed by atoms with Crippen LogP contribution in [0.25, 0.3) is 0 Å². The highest BCUT2D eigenvalue weighted by molar-refractivity contribution is 8.01. The van der Waals surface area contributed by atoms with Crippen LogP contribution in [0.4, 0.5) is 0 Å². The molecule has 0 saturated heterocycles. The molecule has 0 amide bonds. The van der Waals surface area contributed by atoms with Crippen molar-refractivity contribution in [1.29, 1.82) is 0 Å². The Morgan fingerprint density at radius 1 is 0.500 bits per heavy atom. The van der Waals surface area contributed by atoms with Gasteiger partial charge in [0.1, 0.15) is 10.7 Å². The van der Waals surface area contributed by atoms with E-state index in [0.29, 0.717) is 19.8 Å². The molecule has 0 saturated carbocycles. The van der Waals surface area contributed by atoms with Crippen LogP contribution in [0.15, 0.2) is 0 Å². The molecule has 0 aromatic rings. The molecule has 250 valence electrons. The number of ether oxygens (including phenoxy) is 3. The van der Waals surface area contributed by atoms with Gasteiger partial charge >= 0.3 is 11.9 Å². The van der Waals surface area contributed by atoms with E-state index in [2.05, 4.69) is 20.8 Å². The molecule has 0 aliphatic heterocycles. The van der Waals surface area contributed by atoms with E-state index in [1.54, 1.807) is 0 Å². The van der Waals surface area contributed by atoms with Crippen LogP contribution in [0, 0.1) is 0 Å². The van der Waals surface area contributed by atoms with Crippen LogP contribution in [-0.2, 0) is 23.8 Å². The summed E-state index contributed by atoms with van der Waals surface area (Å²) in [5, 5.41) is -0.583. The van der Waals surface area contributed by atoms with E-state index in [-0.39, 0.29) is 23.8 Å². The summed E-state index contributed by atoms with van der Waals surface area (Å²) in [4.78, 5) is 25.2. The van der Waals surface area contributed by atoms with Gasteiger partial charge in [0.15, 0.2) is 0 Å². The number of hydrogen-bond donors (Lipinski definition) is 0. The highest BCUT2D eigenvalue weighted by Crippen LogP contribution is 2.24. The van der Waals surface area contributed by atoms with Gasteiger partial charge in [0.2, 0.25) is 0 Å². The Kier molecular flexibility index (Phi) is 32.6. The van der Waals surface area contributed by atoms with Crippen LogP contribution in [0.3, 0.4) is 0 Å². The maximum atomic E-state index is 12.8. The first kappa shape index (κ1) is 41.2. The average molecular weight is 615 g/mol. The zero-order chi connectivity index (χ0) is 30.9. The Balaban J connectivity index is 4.02. The van der Waals surface area contributed by atoms with Gasteiger partial charge in [0.05, 0.1) is 19.6 Å². The van der Waals surface area contributed by atoms with Crippen LogP contribution in [-0.4, -0.2) is 42.4 Å². The molecule has 0 aliphatic rings. The first-order chi connectivity index (χ1) is 20.5. The summed E-state index contributed by atoms with van der Waals surface area (Å²) >= 11 is 1.39. The van der Waals surface area contributed by atoms with Crippen molar-refractivity contribution in [2.75, 3.05) is 19.8 Å². The number of carbonyl (C=O) groups excluding carboxylic acids is 2. The van der Waals surface area contributed by atoms with E-state index in [0.717, 1.165) is 57.8 Å². The zero-order valence-corrected chi connectivity index (χ0v) is 29.2. The summed E-state index contributed by atoms with van der Waals surface area (Å²) in [5.74, 6) is -0.644. The average Bonchev–Trinajstić information content (AvgIpc) is 2.98. The van der Waals surface area contributed by atoms with Crippen LogP contribution in [0.5, 0.6) is 0 Å². The molecule has 0 fully saturated rings. The lowest BCUT2D eigenvalue weighted by atomic mass is 10.0. The Hall–Kier alpha value is -0.750. The van der Waals surface area contributed by atoms with Crippen molar-refractivity contribution in [2.45, 2.75) is 199 Å². The molecule has 0 spiro atoms. The number of rotatable bonds is 33. The van der Waals surface area contributed by atoms with E-state index >= 15 is 0 Å². The van der Waals surface area contributed by atoms with Crippen LogP contribution in [0.1, 0.15) is 188 Å². The lowest BCUT2D eigenvalue weighted by molar-refractivity contribution is -0.149. The van der Waals surface area contributed by atoms with Crippen LogP contribution < -0.4 is 0 Å². The standard InChI is InChI=1S/C36H70O5S/c1-5-8-11-14-15-16-17-18-19-20-21-22-23-24-25-28-29-39-33(4)42-34(36(38)41-31-27-13-10-7-3)32-35(37)40-30-26-12-9-6-2/h33-34H,5-32H2,1-4H3/t33-,34?/m0/s1. The fourth-order valence-electron chi connectivity index (χ4n) is 5.08. The Morgan fingerprint density at radius 2 is 0.857 bits per heavy atom. The van der Waals surface area contributed by atoms with Gasteiger partial charge in [0.25, 0.3) is 0 Å². The lowest BCUT2D eigenvalue weighted by Gasteiger charge is -2.20. The second-order valence-electron chi connectivity index (χ2n) is 12.1. The van der Waals surface area contributed by atoms with E-state index in [9.17, 15) is 9.59 Å². The molecule has 42 heavy (non-hydrogen) atoms. The minimum absolute atomic E-state index is 0.0407. The number of esters is 2. The van der Waals surface area contributed by atoms with Crippen molar-refractivity contribution >= 4 is 23.7 Å². The van der Waals surface area contributed by atoms with Crippen molar-refractivity contribution in [2.24, 2.45) is 0 Å². The van der Waals surface area contributed by atoms with Crippen LogP contribution in [0.2, 0.25) is 0 Å². The molecule has 0 N–H and O–H groups in total. The predicted molar refractivity (Wildman–Crippen MR) is 181 cm³/mol. The SMILES string of the molecule is CCCCCCCCCCCCCCCCCCO[C@H](C)SC(CC(=O)OCCCCCC)C(=O)OCCCCCC. The third kappa shape index (κ3) is 29.3. The van der Waals surface area contributed by atoms with Crippen molar-refractivity contribution in [1.82, 2.24) is 0 Å². The van der Waals surface area contributed by atoms with E-state index in [1.165, 1.54) is 108 Å². The van der Waals surface area contributed by atoms with E-state index in [1.807, 2.05) is 6.92 Å². The van der Waals surface area contributed by atoms with Gasteiger partial charge in [-0.25, -0.2) is 0 Å². The molecule has 0 rings (SSSR count). The van der Waals surface area contributed by atoms with Gasteiger partial charge < -0.3 is 14.2 Å². The van der Waals surface area contributed by atoms with Crippen molar-refractivity contribution < 1.29 is 23.8 Å². The van der Waals surface area contributed by atoms with Crippen molar-refractivity contribution in [3.8, 4) is 0 Å². The fraction of sp³-hybridized carbons (Fsp3) is 0.944. The number of unbranched alkanes of at least 4 members (excludes halogenated alkanes) is 21. The maximum absolute atomic E-state index is 12.8. The molecule has 5 nitrogen and oxygen atoms in total. The van der Waals surface area contributed by atoms with Crippen molar-refractivity contribution in [3.05, 3.63) is 0 Å². The minimum Gasteiger partial charge on any atom is -0.466 e. The highest BCUT2D eigenvalue weighted by Gasteiger charge is 2.27. The third-order valence-electron chi connectivity index (χ3n) is 7.82. The van der Waals surface area contributed by atoms with E-state index in [4.69, 9.17) is 14.2 Å². The molecule has 0 bridgehead atoms. The topological polar surface area (TPSA) is 61.8 Å². The molecular formula is C36H70O5S. The van der Waals surface area contributed by atoms with Gasteiger partial charge in [-0.1, -0.05) is 156 Å². The van der Waals surface area contributed by atoms with Gasteiger partial charge in [-0.3, -0.25) is 9.59 Å². The summed E-state index contributed by atoms with van der Waals surface area (Å²) < 4.78 is 16.9. The van der Waals surface area contributed by atoms with Gasteiger partial charge in [-0.05, 0) is 26.2 Å². The molecule has 6 heteroatoms. The second kappa shape index (κ2) is 33.1. The fourth-order valence-corrected chi connectivity index (χ4v) is 6.13. The van der Waals surface area contributed by atoms with Gasteiger partial charge in [-0.2, -0.15) is 0 Å². The Morgan fingerprint density at radius 3 is 1.31 bits per heavy atom. The zero-order valence-electron chi connectivity index (χ0n) is 28.4. The molecule has 0 radical (unpaired) electrons. The largest absolute Gasteiger partial charge is 0.466 e. The summed E-state index contributed by atoms with van der Waals surface area (Å²) in [6.07, 6.45) is 30.1. The molecular weight excluding hydrogens is 544 g/mol. The quantitative estimate of drug-likeness (QED) is 0.0416. The normalized spacial score (nSPS) is 12.8. The predicted octanol–water partition coefficient (Wildman–Crippen LogP) is 11.3. The molecule has 0 aromatic carbocycles. The number of carbonyl (C=O) groups is 2. The molecule has 1 unspecified atom stereocenters. The maximum Gasteiger partial charge on any atom is 0.319 e. The number of hydrogen-bond acceptors (Lipinski definition) is 6. The van der Waals surface area contributed by atoms with E-state index < -0.39 is 5.25 Å². The Labute approximate surface area is 265 Å².